The number of halogens is 1. The quantitative estimate of drug-likeness (QED) is 0.745. The predicted molar refractivity (Wildman–Crippen MR) is 65.5 cm³/mol. The number of ketones is 1. The van der Waals surface area contributed by atoms with Crippen molar-refractivity contribution in [2.45, 2.75) is 32.1 Å². The molecule has 4 heteroatoms. The summed E-state index contributed by atoms with van der Waals surface area (Å²) in [4.78, 5) is 15.5. The number of aromatic nitrogens is 1. The summed E-state index contributed by atoms with van der Waals surface area (Å²) in [6.07, 6.45) is 7.17. The Balaban J connectivity index is 2.32. The van der Waals surface area contributed by atoms with Crippen LogP contribution < -0.4 is 5.73 Å². The maximum atomic E-state index is 11.6. The lowest BCUT2D eigenvalue weighted by molar-refractivity contribution is -0.118. The van der Waals surface area contributed by atoms with Gasteiger partial charge in [0, 0.05) is 25.2 Å². The molecule has 0 aromatic carbocycles. The standard InChI is InChI=1S/C12H17ClN2O/c13-12-9-15-7-5-10(12)8-11(16)4-2-1-3-6-14/h5,7,9H,1-4,6,8,14H2. The highest BCUT2D eigenvalue weighted by Gasteiger charge is 2.06. The van der Waals surface area contributed by atoms with E-state index in [-0.39, 0.29) is 5.78 Å². The lowest BCUT2D eigenvalue weighted by atomic mass is 10.1. The molecule has 0 fully saturated rings. The normalized spacial score (nSPS) is 10.4. The fraction of sp³-hybridized carbons (Fsp3) is 0.500. The molecule has 1 heterocycles. The van der Waals surface area contributed by atoms with Crippen molar-refractivity contribution in [3.63, 3.8) is 0 Å². The van der Waals surface area contributed by atoms with E-state index in [1.54, 1.807) is 18.5 Å². The smallest absolute Gasteiger partial charge is 0.137 e. The SMILES string of the molecule is NCCCCCC(=O)Cc1ccncc1Cl. The third kappa shape index (κ3) is 4.73. The van der Waals surface area contributed by atoms with E-state index in [1.807, 2.05) is 0 Å². The second-order valence-electron chi connectivity index (χ2n) is 3.78. The van der Waals surface area contributed by atoms with Crippen molar-refractivity contribution in [1.29, 1.82) is 0 Å². The third-order valence-corrected chi connectivity index (χ3v) is 2.74. The van der Waals surface area contributed by atoms with E-state index >= 15 is 0 Å². The Bertz CT molecular complexity index is 342. The molecule has 0 saturated carbocycles. The van der Waals surface area contributed by atoms with Crippen LogP contribution in [0.5, 0.6) is 0 Å². The lowest BCUT2D eigenvalue weighted by Crippen LogP contribution is -2.04. The number of hydrogen-bond donors (Lipinski definition) is 1. The molecule has 0 saturated heterocycles. The number of rotatable bonds is 7. The molecule has 0 aliphatic heterocycles. The van der Waals surface area contributed by atoms with E-state index in [1.165, 1.54) is 0 Å². The van der Waals surface area contributed by atoms with Gasteiger partial charge in [0.15, 0.2) is 0 Å². The van der Waals surface area contributed by atoms with Crippen LogP contribution in [0.1, 0.15) is 31.2 Å². The zero-order valence-electron chi connectivity index (χ0n) is 9.29. The average Bonchev–Trinajstić information content (AvgIpc) is 2.28. The van der Waals surface area contributed by atoms with Crippen LogP contribution in [0.15, 0.2) is 18.5 Å². The van der Waals surface area contributed by atoms with Gasteiger partial charge in [0.25, 0.3) is 0 Å². The van der Waals surface area contributed by atoms with E-state index in [0.29, 0.717) is 24.4 Å². The first-order valence-corrected chi connectivity index (χ1v) is 5.92. The van der Waals surface area contributed by atoms with Gasteiger partial charge in [-0.05, 0) is 31.0 Å². The number of nitrogens with zero attached hydrogens (tertiary/aromatic N) is 1. The van der Waals surface area contributed by atoms with Gasteiger partial charge < -0.3 is 5.73 Å². The van der Waals surface area contributed by atoms with Gasteiger partial charge in [-0.2, -0.15) is 0 Å². The third-order valence-electron chi connectivity index (χ3n) is 2.40. The van der Waals surface area contributed by atoms with Crippen LogP contribution in [0.4, 0.5) is 0 Å². The molecule has 0 unspecified atom stereocenters. The second kappa shape index (κ2) is 7.36. The molecule has 0 atom stereocenters. The van der Waals surface area contributed by atoms with E-state index in [9.17, 15) is 4.79 Å². The van der Waals surface area contributed by atoms with Gasteiger partial charge in [-0.25, -0.2) is 0 Å². The molecular formula is C12H17ClN2O. The summed E-state index contributed by atoms with van der Waals surface area (Å²) >= 11 is 5.92. The van der Waals surface area contributed by atoms with Crippen molar-refractivity contribution in [3.8, 4) is 0 Å². The Morgan fingerprint density at radius 3 is 2.88 bits per heavy atom. The van der Waals surface area contributed by atoms with Crippen molar-refractivity contribution < 1.29 is 4.79 Å². The summed E-state index contributed by atoms with van der Waals surface area (Å²) in [5, 5.41) is 0.567. The molecule has 3 nitrogen and oxygen atoms in total. The van der Waals surface area contributed by atoms with Gasteiger partial charge in [-0.1, -0.05) is 18.0 Å². The molecule has 0 amide bonds. The van der Waals surface area contributed by atoms with Crippen molar-refractivity contribution in [1.82, 2.24) is 4.98 Å². The fourth-order valence-electron chi connectivity index (χ4n) is 1.49. The van der Waals surface area contributed by atoms with Gasteiger partial charge in [0.2, 0.25) is 0 Å². The summed E-state index contributed by atoms with van der Waals surface area (Å²) < 4.78 is 0. The Hall–Kier alpha value is -0.930. The van der Waals surface area contributed by atoms with Crippen LogP contribution in [-0.4, -0.2) is 17.3 Å². The van der Waals surface area contributed by atoms with Crippen molar-refractivity contribution in [2.75, 3.05) is 6.54 Å². The molecule has 2 N–H and O–H groups in total. The van der Waals surface area contributed by atoms with E-state index in [0.717, 1.165) is 24.8 Å². The number of unbranched alkanes of at least 4 members (excludes halogenated alkanes) is 2. The summed E-state index contributed by atoms with van der Waals surface area (Å²) in [6, 6.07) is 1.79. The molecule has 16 heavy (non-hydrogen) atoms. The minimum atomic E-state index is 0.227. The monoisotopic (exact) mass is 240 g/mol. The molecule has 1 rings (SSSR count). The summed E-state index contributed by atoms with van der Waals surface area (Å²) in [5.41, 5.74) is 6.24. The summed E-state index contributed by atoms with van der Waals surface area (Å²) in [6.45, 7) is 0.699. The predicted octanol–water partition coefficient (Wildman–Crippen LogP) is 2.37. The first-order chi connectivity index (χ1) is 7.74. The molecule has 88 valence electrons. The van der Waals surface area contributed by atoms with Crippen LogP contribution in [-0.2, 0) is 11.2 Å². The van der Waals surface area contributed by atoms with Gasteiger partial charge in [-0.3, -0.25) is 9.78 Å². The van der Waals surface area contributed by atoms with Crippen LogP contribution in [0.3, 0.4) is 0 Å². The van der Waals surface area contributed by atoms with Gasteiger partial charge in [0.05, 0.1) is 5.02 Å². The first kappa shape index (κ1) is 13.1. The Morgan fingerprint density at radius 1 is 1.38 bits per heavy atom. The highest BCUT2D eigenvalue weighted by Crippen LogP contribution is 2.15. The van der Waals surface area contributed by atoms with Crippen LogP contribution in [0.2, 0.25) is 5.02 Å². The molecule has 0 aliphatic carbocycles. The zero-order chi connectivity index (χ0) is 11.8. The van der Waals surface area contributed by atoms with Crippen molar-refractivity contribution in [2.24, 2.45) is 5.73 Å². The lowest BCUT2D eigenvalue weighted by Gasteiger charge is -2.03. The topological polar surface area (TPSA) is 56.0 Å². The molecule has 0 radical (unpaired) electrons. The van der Waals surface area contributed by atoms with Gasteiger partial charge >= 0.3 is 0 Å². The first-order valence-electron chi connectivity index (χ1n) is 5.54. The largest absolute Gasteiger partial charge is 0.330 e. The number of pyridine rings is 1. The van der Waals surface area contributed by atoms with Crippen molar-refractivity contribution in [3.05, 3.63) is 29.0 Å². The van der Waals surface area contributed by atoms with Gasteiger partial charge in [-0.15, -0.1) is 0 Å². The minimum Gasteiger partial charge on any atom is -0.330 e. The minimum absolute atomic E-state index is 0.227. The summed E-state index contributed by atoms with van der Waals surface area (Å²) in [7, 11) is 0. The fourth-order valence-corrected chi connectivity index (χ4v) is 1.68. The van der Waals surface area contributed by atoms with Crippen LogP contribution in [0, 0.1) is 0 Å². The van der Waals surface area contributed by atoms with Gasteiger partial charge in [0.1, 0.15) is 5.78 Å². The average molecular weight is 241 g/mol. The number of carbonyl (C=O) groups excluding carboxylic acids is 1. The number of Topliss-reactive ketones (excluding diaryl/α,β-unsaturated/α-hetero) is 1. The highest BCUT2D eigenvalue weighted by atomic mass is 35.5. The van der Waals surface area contributed by atoms with Crippen LogP contribution in [0.25, 0.3) is 0 Å². The summed E-state index contributed by atoms with van der Waals surface area (Å²) in [5.74, 6) is 0.227. The molecule has 1 aromatic heterocycles. The maximum Gasteiger partial charge on any atom is 0.137 e. The Kier molecular flexibility index (Phi) is 6.04. The van der Waals surface area contributed by atoms with Crippen LogP contribution >= 0.6 is 11.6 Å². The van der Waals surface area contributed by atoms with E-state index in [2.05, 4.69) is 4.98 Å². The number of nitrogens with two attached hydrogens (primary N) is 1. The molecule has 1 aromatic rings. The molecule has 0 bridgehead atoms. The number of carbonyl (C=O) groups is 1. The Morgan fingerprint density at radius 2 is 2.19 bits per heavy atom. The zero-order valence-corrected chi connectivity index (χ0v) is 10.0. The highest BCUT2D eigenvalue weighted by molar-refractivity contribution is 6.31. The van der Waals surface area contributed by atoms with E-state index < -0.39 is 0 Å². The van der Waals surface area contributed by atoms with E-state index in [4.69, 9.17) is 17.3 Å². The molecular weight excluding hydrogens is 224 g/mol. The molecule has 0 aliphatic rings. The second-order valence-corrected chi connectivity index (χ2v) is 4.19. The van der Waals surface area contributed by atoms with Crippen molar-refractivity contribution >= 4 is 17.4 Å². The molecule has 0 spiro atoms. The maximum absolute atomic E-state index is 11.6. The number of hydrogen-bond acceptors (Lipinski definition) is 3. The Labute approximate surface area is 101 Å².